The van der Waals surface area contributed by atoms with Crippen molar-refractivity contribution in [3.8, 4) is 0 Å². The quantitative estimate of drug-likeness (QED) is 0.629. The van der Waals surface area contributed by atoms with E-state index in [0.717, 1.165) is 11.2 Å². The van der Waals surface area contributed by atoms with Gasteiger partial charge in [0.1, 0.15) is 11.7 Å². The topological polar surface area (TPSA) is 71.9 Å². The van der Waals surface area contributed by atoms with Crippen LogP contribution in [0.25, 0.3) is 0 Å². The Balaban J connectivity index is 2.41. The zero-order chi connectivity index (χ0) is 15.6. The summed E-state index contributed by atoms with van der Waals surface area (Å²) in [5, 5.41) is 5.28. The van der Waals surface area contributed by atoms with Gasteiger partial charge in [-0.1, -0.05) is 13.8 Å². The largest absolute Gasteiger partial charge is 0.468 e. The SMILES string of the molecule is COC(=O)C1CC(C(C)C)=NN(c2ccc(F)cn2)C1=O. The van der Waals surface area contributed by atoms with E-state index >= 15 is 0 Å². The van der Waals surface area contributed by atoms with Crippen LogP contribution >= 0.6 is 0 Å². The van der Waals surface area contributed by atoms with Crippen molar-refractivity contribution in [2.45, 2.75) is 20.3 Å². The normalized spacial score (nSPS) is 18.7. The molecule has 0 saturated heterocycles. The first-order valence-corrected chi connectivity index (χ1v) is 6.54. The van der Waals surface area contributed by atoms with Crippen LogP contribution in [0.15, 0.2) is 23.4 Å². The monoisotopic (exact) mass is 293 g/mol. The summed E-state index contributed by atoms with van der Waals surface area (Å²) in [7, 11) is 1.23. The van der Waals surface area contributed by atoms with Crippen LogP contribution in [-0.2, 0) is 14.3 Å². The molecule has 0 radical (unpaired) electrons. The van der Waals surface area contributed by atoms with E-state index in [1.54, 1.807) is 0 Å². The lowest BCUT2D eigenvalue weighted by Gasteiger charge is -2.28. The molecule has 0 bridgehead atoms. The summed E-state index contributed by atoms with van der Waals surface area (Å²) in [6, 6.07) is 2.52. The van der Waals surface area contributed by atoms with Gasteiger partial charge in [-0.2, -0.15) is 10.1 Å². The number of hydrazone groups is 1. The molecule has 0 N–H and O–H groups in total. The number of carbonyl (C=O) groups is 2. The zero-order valence-electron chi connectivity index (χ0n) is 12.0. The van der Waals surface area contributed by atoms with Crippen molar-refractivity contribution in [1.29, 1.82) is 0 Å². The van der Waals surface area contributed by atoms with Crippen LogP contribution in [0.5, 0.6) is 0 Å². The van der Waals surface area contributed by atoms with Gasteiger partial charge in [0.2, 0.25) is 0 Å². The van der Waals surface area contributed by atoms with Crippen molar-refractivity contribution < 1.29 is 18.7 Å². The van der Waals surface area contributed by atoms with E-state index in [2.05, 4.69) is 14.8 Å². The van der Waals surface area contributed by atoms with Crippen LogP contribution in [0.2, 0.25) is 0 Å². The van der Waals surface area contributed by atoms with Gasteiger partial charge in [-0.3, -0.25) is 9.59 Å². The molecule has 1 aromatic heterocycles. The Labute approximate surface area is 121 Å². The molecule has 7 heteroatoms. The summed E-state index contributed by atoms with van der Waals surface area (Å²) in [4.78, 5) is 28.0. The van der Waals surface area contributed by atoms with Crippen molar-refractivity contribution >= 4 is 23.4 Å². The molecule has 1 unspecified atom stereocenters. The molecule has 0 spiro atoms. The number of hydrogen-bond donors (Lipinski definition) is 0. The highest BCUT2D eigenvalue weighted by Gasteiger charge is 2.38. The number of anilines is 1. The number of esters is 1. The Bertz CT molecular complexity index is 584. The maximum absolute atomic E-state index is 12.9. The fraction of sp³-hybridized carbons (Fsp3) is 0.429. The number of hydrogen-bond acceptors (Lipinski definition) is 5. The molecule has 1 atom stereocenters. The number of methoxy groups -OCH3 is 1. The minimum Gasteiger partial charge on any atom is -0.468 e. The van der Waals surface area contributed by atoms with Gasteiger partial charge in [0, 0.05) is 12.1 Å². The number of halogens is 1. The molecule has 112 valence electrons. The molecule has 0 aromatic carbocycles. The highest BCUT2D eigenvalue weighted by Crippen LogP contribution is 2.25. The molecule has 0 aliphatic carbocycles. The lowest BCUT2D eigenvalue weighted by Crippen LogP contribution is -2.44. The second-order valence-corrected chi connectivity index (χ2v) is 5.01. The molecule has 2 heterocycles. The van der Waals surface area contributed by atoms with E-state index in [4.69, 9.17) is 0 Å². The Morgan fingerprint density at radius 1 is 1.48 bits per heavy atom. The van der Waals surface area contributed by atoms with E-state index in [-0.39, 0.29) is 18.2 Å². The predicted octanol–water partition coefficient (Wildman–Crippen LogP) is 1.76. The Hall–Kier alpha value is -2.31. The number of nitrogens with zero attached hydrogens (tertiary/aromatic N) is 3. The van der Waals surface area contributed by atoms with Crippen LogP contribution < -0.4 is 5.01 Å². The summed E-state index contributed by atoms with van der Waals surface area (Å²) in [5.74, 6) is -2.36. The molecule has 1 aliphatic rings. The number of amides is 1. The van der Waals surface area contributed by atoms with Gasteiger partial charge in [-0.15, -0.1) is 0 Å². The molecule has 1 aliphatic heterocycles. The van der Waals surface area contributed by atoms with Crippen molar-refractivity contribution in [3.05, 3.63) is 24.1 Å². The maximum atomic E-state index is 12.9. The standard InChI is InChI=1S/C14H16FN3O3/c1-8(2)11-6-10(14(20)21-3)13(19)18(17-11)12-5-4-9(15)7-16-12/h4-5,7-8,10H,6H2,1-3H3. The number of aromatic nitrogens is 1. The molecule has 6 nitrogen and oxygen atoms in total. The summed E-state index contributed by atoms with van der Waals surface area (Å²) >= 11 is 0. The Morgan fingerprint density at radius 2 is 2.19 bits per heavy atom. The van der Waals surface area contributed by atoms with Crippen LogP contribution in [-0.4, -0.2) is 29.7 Å². The molecular weight excluding hydrogens is 277 g/mol. The molecule has 21 heavy (non-hydrogen) atoms. The van der Waals surface area contributed by atoms with Crippen molar-refractivity contribution in [3.63, 3.8) is 0 Å². The number of pyridine rings is 1. The molecular formula is C14H16FN3O3. The number of ether oxygens (including phenoxy) is 1. The third-order valence-electron chi connectivity index (χ3n) is 3.23. The average molecular weight is 293 g/mol. The maximum Gasteiger partial charge on any atom is 0.318 e. The van der Waals surface area contributed by atoms with Gasteiger partial charge in [-0.05, 0) is 18.1 Å². The van der Waals surface area contributed by atoms with E-state index in [1.165, 1.54) is 19.2 Å². The molecule has 0 fully saturated rings. The van der Waals surface area contributed by atoms with Crippen LogP contribution in [0, 0.1) is 17.7 Å². The highest BCUT2D eigenvalue weighted by molar-refractivity contribution is 6.12. The fourth-order valence-electron chi connectivity index (χ4n) is 2.00. The summed E-state index contributed by atoms with van der Waals surface area (Å²) in [5.41, 5.74) is 0.691. The minimum absolute atomic E-state index is 0.0632. The van der Waals surface area contributed by atoms with Gasteiger partial charge < -0.3 is 4.74 Å². The van der Waals surface area contributed by atoms with E-state index in [9.17, 15) is 14.0 Å². The first-order chi connectivity index (χ1) is 9.93. The van der Waals surface area contributed by atoms with Crippen molar-refractivity contribution in [2.24, 2.45) is 16.9 Å². The van der Waals surface area contributed by atoms with E-state index < -0.39 is 23.6 Å². The zero-order valence-corrected chi connectivity index (χ0v) is 12.0. The first-order valence-electron chi connectivity index (χ1n) is 6.54. The highest BCUT2D eigenvalue weighted by atomic mass is 19.1. The summed E-state index contributed by atoms with van der Waals surface area (Å²) in [6.45, 7) is 3.83. The predicted molar refractivity (Wildman–Crippen MR) is 74.1 cm³/mol. The summed E-state index contributed by atoms with van der Waals surface area (Å²) in [6.07, 6.45) is 1.22. The molecule has 1 aromatic rings. The number of rotatable bonds is 3. The van der Waals surface area contributed by atoms with Gasteiger partial charge in [0.05, 0.1) is 13.3 Å². The van der Waals surface area contributed by atoms with E-state index in [0.29, 0.717) is 5.71 Å². The summed E-state index contributed by atoms with van der Waals surface area (Å²) < 4.78 is 17.6. The second kappa shape index (κ2) is 5.99. The van der Waals surface area contributed by atoms with Gasteiger partial charge >= 0.3 is 5.97 Å². The Morgan fingerprint density at radius 3 is 2.71 bits per heavy atom. The molecule has 1 amide bonds. The average Bonchev–Trinajstić information content (AvgIpc) is 2.47. The lowest BCUT2D eigenvalue weighted by atomic mass is 9.93. The third-order valence-corrected chi connectivity index (χ3v) is 3.23. The fourth-order valence-corrected chi connectivity index (χ4v) is 2.00. The smallest absolute Gasteiger partial charge is 0.318 e. The number of carbonyl (C=O) groups excluding carboxylic acids is 2. The van der Waals surface area contributed by atoms with E-state index in [1.807, 2.05) is 13.8 Å². The van der Waals surface area contributed by atoms with Crippen LogP contribution in [0.3, 0.4) is 0 Å². The van der Waals surface area contributed by atoms with Crippen molar-refractivity contribution in [1.82, 2.24) is 4.98 Å². The molecule has 2 rings (SSSR count). The van der Waals surface area contributed by atoms with Gasteiger partial charge in [0.15, 0.2) is 5.82 Å². The Kier molecular flexibility index (Phi) is 4.30. The minimum atomic E-state index is -0.947. The van der Waals surface area contributed by atoms with Crippen LogP contribution in [0.1, 0.15) is 20.3 Å². The van der Waals surface area contributed by atoms with Crippen LogP contribution in [0.4, 0.5) is 10.2 Å². The van der Waals surface area contributed by atoms with Crippen molar-refractivity contribution in [2.75, 3.05) is 12.1 Å². The van der Waals surface area contributed by atoms with Gasteiger partial charge in [0.25, 0.3) is 5.91 Å². The second-order valence-electron chi connectivity index (χ2n) is 5.01. The lowest BCUT2D eigenvalue weighted by molar-refractivity contribution is -0.149. The van der Waals surface area contributed by atoms with Gasteiger partial charge in [-0.25, -0.2) is 9.37 Å². The third kappa shape index (κ3) is 3.07. The molecule has 0 saturated carbocycles. The first kappa shape index (κ1) is 15.1.